The Morgan fingerprint density at radius 3 is 3.16 bits per heavy atom. The van der Waals surface area contributed by atoms with Crippen LogP contribution in [-0.2, 0) is 11.3 Å². The van der Waals surface area contributed by atoms with E-state index in [1.807, 2.05) is 18.2 Å². The maximum absolute atomic E-state index is 10.7. The number of aromatic nitrogens is 1. The molecule has 1 aromatic rings. The molecule has 19 heavy (non-hydrogen) atoms. The molecule has 5 heteroatoms. The lowest BCUT2D eigenvalue weighted by molar-refractivity contribution is -0.137. The lowest BCUT2D eigenvalue weighted by atomic mass is 10.1. The molecule has 1 unspecified atom stereocenters. The van der Waals surface area contributed by atoms with Crippen molar-refractivity contribution < 1.29 is 9.90 Å². The Labute approximate surface area is 113 Å². The molecule has 0 aromatic carbocycles. The van der Waals surface area contributed by atoms with Gasteiger partial charge in [-0.2, -0.15) is 0 Å². The van der Waals surface area contributed by atoms with E-state index in [4.69, 9.17) is 5.11 Å². The molecule has 2 N–H and O–H groups in total. The van der Waals surface area contributed by atoms with Gasteiger partial charge in [-0.1, -0.05) is 6.07 Å². The van der Waals surface area contributed by atoms with E-state index in [1.165, 1.54) is 0 Å². The van der Waals surface area contributed by atoms with Crippen LogP contribution in [0.15, 0.2) is 24.4 Å². The smallest absolute Gasteiger partial charge is 0.303 e. The van der Waals surface area contributed by atoms with Gasteiger partial charge in [-0.25, -0.2) is 0 Å². The van der Waals surface area contributed by atoms with Crippen molar-refractivity contribution in [1.29, 1.82) is 0 Å². The zero-order valence-corrected chi connectivity index (χ0v) is 11.1. The van der Waals surface area contributed by atoms with Crippen LogP contribution in [0.4, 0.5) is 0 Å². The minimum absolute atomic E-state index is 0.227. The number of nitrogens with one attached hydrogen (secondary N) is 1. The Kier molecular flexibility index (Phi) is 5.30. The molecule has 0 spiro atoms. The third-order valence-electron chi connectivity index (χ3n) is 3.48. The van der Waals surface area contributed by atoms with Gasteiger partial charge in [0.25, 0.3) is 0 Å². The Morgan fingerprint density at radius 2 is 2.42 bits per heavy atom. The predicted molar refractivity (Wildman–Crippen MR) is 72.8 cm³/mol. The van der Waals surface area contributed by atoms with Gasteiger partial charge in [0.15, 0.2) is 0 Å². The van der Waals surface area contributed by atoms with Gasteiger partial charge in [0.2, 0.25) is 0 Å². The number of pyridine rings is 1. The van der Waals surface area contributed by atoms with E-state index in [0.29, 0.717) is 6.42 Å². The van der Waals surface area contributed by atoms with E-state index < -0.39 is 5.97 Å². The molecule has 0 aliphatic carbocycles. The highest BCUT2D eigenvalue weighted by Crippen LogP contribution is 2.13. The van der Waals surface area contributed by atoms with E-state index in [-0.39, 0.29) is 12.5 Å². The van der Waals surface area contributed by atoms with Crippen molar-refractivity contribution in [2.75, 3.05) is 19.6 Å². The molecular weight excluding hydrogens is 242 g/mol. The molecule has 0 amide bonds. The molecule has 5 nitrogen and oxygen atoms in total. The maximum Gasteiger partial charge on any atom is 0.303 e. The van der Waals surface area contributed by atoms with Gasteiger partial charge >= 0.3 is 5.97 Å². The molecule has 2 heterocycles. The van der Waals surface area contributed by atoms with Crippen LogP contribution >= 0.6 is 0 Å². The van der Waals surface area contributed by atoms with Gasteiger partial charge in [0.05, 0.1) is 5.69 Å². The first-order chi connectivity index (χ1) is 9.25. The van der Waals surface area contributed by atoms with Crippen molar-refractivity contribution in [3.8, 4) is 0 Å². The van der Waals surface area contributed by atoms with E-state index >= 15 is 0 Å². The standard InChI is InChI=1S/C14H21N3O2/c18-14(19)6-5-13-10-15-7-3-9-17(13)11-12-4-1-2-8-16-12/h1-2,4,8,13,15H,3,5-7,9-11H2,(H,18,19). The van der Waals surface area contributed by atoms with Crippen molar-refractivity contribution in [2.45, 2.75) is 31.8 Å². The Balaban J connectivity index is 1.98. The fraction of sp³-hybridized carbons (Fsp3) is 0.571. The summed E-state index contributed by atoms with van der Waals surface area (Å²) in [5, 5.41) is 12.2. The highest BCUT2D eigenvalue weighted by atomic mass is 16.4. The summed E-state index contributed by atoms with van der Waals surface area (Å²) >= 11 is 0. The number of carbonyl (C=O) groups is 1. The maximum atomic E-state index is 10.7. The number of carboxylic acid groups (broad SMARTS) is 1. The number of hydrogen-bond acceptors (Lipinski definition) is 4. The average Bonchev–Trinajstić information content (AvgIpc) is 2.63. The summed E-state index contributed by atoms with van der Waals surface area (Å²) in [5.41, 5.74) is 1.05. The van der Waals surface area contributed by atoms with E-state index in [9.17, 15) is 4.79 Å². The van der Waals surface area contributed by atoms with Gasteiger partial charge < -0.3 is 10.4 Å². The molecule has 1 aliphatic heterocycles. The summed E-state index contributed by atoms with van der Waals surface area (Å²) in [6.07, 6.45) is 3.81. The summed E-state index contributed by atoms with van der Waals surface area (Å²) in [7, 11) is 0. The minimum atomic E-state index is -0.720. The molecule has 1 fully saturated rings. The Hall–Kier alpha value is -1.46. The van der Waals surface area contributed by atoms with E-state index in [0.717, 1.165) is 38.3 Å². The van der Waals surface area contributed by atoms with Crippen LogP contribution < -0.4 is 5.32 Å². The second-order valence-corrected chi connectivity index (χ2v) is 4.94. The zero-order chi connectivity index (χ0) is 13.5. The van der Waals surface area contributed by atoms with Crippen LogP contribution in [0.3, 0.4) is 0 Å². The SMILES string of the molecule is O=C(O)CCC1CNCCCN1Cc1ccccn1. The molecular formula is C14H21N3O2. The summed E-state index contributed by atoms with van der Waals surface area (Å²) in [6.45, 7) is 3.66. The van der Waals surface area contributed by atoms with Crippen LogP contribution in [0.1, 0.15) is 25.0 Å². The molecule has 1 aromatic heterocycles. The van der Waals surface area contributed by atoms with E-state index in [1.54, 1.807) is 6.20 Å². The third kappa shape index (κ3) is 4.61. The van der Waals surface area contributed by atoms with Crippen molar-refractivity contribution >= 4 is 5.97 Å². The second kappa shape index (κ2) is 7.21. The van der Waals surface area contributed by atoms with Crippen molar-refractivity contribution in [2.24, 2.45) is 0 Å². The molecule has 2 rings (SSSR count). The Morgan fingerprint density at radius 1 is 1.53 bits per heavy atom. The zero-order valence-electron chi connectivity index (χ0n) is 11.1. The first-order valence-electron chi connectivity index (χ1n) is 6.82. The molecule has 0 radical (unpaired) electrons. The predicted octanol–water partition coefficient (Wildman–Crippen LogP) is 1.11. The number of carboxylic acids is 1. The molecule has 0 bridgehead atoms. The largest absolute Gasteiger partial charge is 0.481 e. The minimum Gasteiger partial charge on any atom is -0.481 e. The summed E-state index contributed by atoms with van der Waals surface area (Å²) in [6, 6.07) is 6.20. The quantitative estimate of drug-likeness (QED) is 0.833. The molecule has 0 saturated carbocycles. The Bertz CT molecular complexity index is 397. The lowest BCUT2D eigenvalue weighted by Gasteiger charge is -2.29. The molecule has 1 saturated heterocycles. The van der Waals surface area contributed by atoms with Crippen LogP contribution in [0.25, 0.3) is 0 Å². The highest BCUT2D eigenvalue weighted by molar-refractivity contribution is 5.66. The topological polar surface area (TPSA) is 65.5 Å². The third-order valence-corrected chi connectivity index (χ3v) is 3.48. The summed E-state index contributed by atoms with van der Waals surface area (Å²) < 4.78 is 0. The van der Waals surface area contributed by atoms with Gasteiger partial charge in [-0.15, -0.1) is 0 Å². The normalized spacial score (nSPS) is 20.9. The van der Waals surface area contributed by atoms with Gasteiger partial charge in [0, 0.05) is 38.3 Å². The number of rotatable bonds is 5. The summed E-state index contributed by atoms with van der Waals surface area (Å²) in [5.74, 6) is -0.720. The second-order valence-electron chi connectivity index (χ2n) is 4.94. The van der Waals surface area contributed by atoms with Crippen molar-refractivity contribution in [3.63, 3.8) is 0 Å². The average molecular weight is 263 g/mol. The molecule has 104 valence electrons. The summed E-state index contributed by atoms with van der Waals surface area (Å²) in [4.78, 5) is 17.4. The fourth-order valence-electron chi connectivity index (χ4n) is 2.47. The monoisotopic (exact) mass is 263 g/mol. The van der Waals surface area contributed by atoms with Crippen LogP contribution in [-0.4, -0.2) is 46.6 Å². The fourth-order valence-corrected chi connectivity index (χ4v) is 2.47. The van der Waals surface area contributed by atoms with Crippen LogP contribution in [0.5, 0.6) is 0 Å². The molecule has 1 aliphatic rings. The first kappa shape index (κ1) is 14.0. The number of nitrogens with zero attached hydrogens (tertiary/aromatic N) is 2. The number of aliphatic carboxylic acids is 1. The first-order valence-corrected chi connectivity index (χ1v) is 6.82. The van der Waals surface area contributed by atoms with Gasteiger partial charge in [-0.05, 0) is 31.5 Å². The van der Waals surface area contributed by atoms with E-state index in [2.05, 4.69) is 15.2 Å². The van der Waals surface area contributed by atoms with Crippen LogP contribution in [0.2, 0.25) is 0 Å². The molecule has 1 atom stereocenters. The lowest BCUT2D eigenvalue weighted by Crippen LogP contribution is -2.39. The van der Waals surface area contributed by atoms with Gasteiger partial charge in [0.1, 0.15) is 0 Å². The van der Waals surface area contributed by atoms with Crippen LogP contribution in [0, 0.1) is 0 Å². The number of hydrogen-bond donors (Lipinski definition) is 2. The van der Waals surface area contributed by atoms with Gasteiger partial charge in [-0.3, -0.25) is 14.7 Å². The van der Waals surface area contributed by atoms with Crippen molar-refractivity contribution in [3.05, 3.63) is 30.1 Å². The highest BCUT2D eigenvalue weighted by Gasteiger charge is 2.21. The van der Waals surface area contributed by atoms with Crippen molar-refractivity contribution in [1.82, 2.24) is 15.2 Å².